The van der Waals surface area contributed by atoms with E-state index in [1.54, 1.807) is 30.0 Å². The van der Waals surface area contributed by atoms with Crippen molar-refractivity contribution in [1.82, 2.24) is 10.2 Å². The SMILES string of the molecule is CCNC(=O)[C@H](C)N(Cc1ccccc1Cl)C(=O)CSCc1ccc(Cl)cc1Cl. The fourth-order valence-corrected chi connectivity index (χ4v) is 4.35. The van der Waals surface area contributed by atoms with Gasteiger partial charge in [0.15, 0.2) is 0 Å². The number of nitrogens with one attached hydrogen (secondary N) is 1. The minimum atomic E-state index is -0.613. The average molecular weight is 474 g/mol. The molecule has 0 heterocycles. The fraction of sp³-hybridized carbons (Fsp3) is 0.333. The van der Waals surface area contributed by atoms with E-state index in [0.29, 0.717) is 27.4 Å². The highest BCUT2D eigenvalue weighted by Gasteiger charge is 2.26. The number of halogens is 3. The number of rotatable bonds is 9. The summed E-state index contributed by atoms with van der Waals surface area (Å²) in [5.74, 6) is 0.446. The molecule has 0 bridgehead atoms. The highest BCUT2D eigenvalue weighted by atomic mass is 35.5. The Morgan fingerprint density at radius 3 is 2.45 bits per heavy atom. The van der Waals surface area contributed by atoms with Crippen LogP contribution in [0.2, 0.25) is 15.1 Å². The monoisotopic (exact) mass is 472 g/mol. The third-order valence-electron chi connectivity index (χ3n) is 4.32. The van der Waals surface area contributed by atoms with Crippen LogP contribution in [0, 0.1) is 0 Å². The van der Waals surface area contributed by atoms with Gasteiger partial charge in [-0.05, 0) is 43.2 Å². The van der Waals surface area contributed by atoms with E-state index in [2.05, 4.69) is 5.32 Å². The number of hydrogen-bond donors (Lipinski definition) is 1. The normalized spacial score (nSPS) is 11.8. The van der Waals surface area contributed by atoms with Crippen LogP contribution >= 0.6 is 46.6 Å². The molecule has 1 atom stereocenters. The molecule has 0 saturated carbocycles. The van der Waals surface area contributed by atoms with Gasteiger partial charge in [-0.3, -0.25) is 9.59 Å². The van der Waals surface area contributed by atoms with Crippen molar-refractivity contribution in [1.29, 1.82) is 0 Å². The lowest BCUT2D eigenvalue weighted by atomic mass is 10.1. The smallest absolute Gasteiger partial charge is 0.242 e. The molecule has 0 aliphatic rings. The first-order valence-electron chi connectivity index (χ1n) is 9.15. The lowest BCUT2D eigenvalue weighted by molar-refractivity contribution is -0.138. The highest BCUT2D eigenvalue weighted by molar-refractivity contribution is 7.99. The molecule has 2 aromatic carbocycles. The summed E-state index contributed by atoms with van der Waals surface area (Å²) in [6, 6.07) is 12.0. The number of likely N-dealkylation sites (N-methyl/N-ethyl adjacent to an activating group) is 1. The summed E-state index contributed by atoms with van der Waals surface area (Å²) in [6.45, 7) is 4.33. The molecule has 0 aliphatic heterocycles. The van der Waals surface area contributed by atoms with Gasteiger partial charge in [-0.25, -0.2) is 0 Å². The van der Waals surface area contributed by atoms with E-state index in [-0.39, 0.29) is 24.1 Å². The van der Waals surface area contributed by atoms with Crippen LogP contribution in [-0.2, 0) is 21.9 Å². The van der Waals surface area contributed by atoms with E-state index in [9.17, 15) is 9.59 Å². The van der Waals surface area contributed by atoms with Crippen LogP contribution in [0.3, 0.4) is 0 Å². The molecule has 0 unspecified atom stereocenters. The summed E-state index contributed by atoms with van der Waals surface area (Å²) in [5, 5.41) is 4.48. The van der Waals surface area contributed by atoms with Crippen molar-refractivity contribution in [3.05, 3.63) is 68.7 Å². The lowest BCUT2D eigenvalue weighted by Crippen LogP contribution is -2.48. The Hall–Kier alpha value is -1.40. The number of benzene rings is 2. The van der Waals surface area contributed by atoms with Crippen LogP contribution in [0.5, 0.6) is 0 Å². The number of carbonyl (C=O) groups is 2. The largest absolute Gasteiger partial charge is 0.355 e. The number of nitrogens with zero attached hydrogens (tertiary/aromatic N) is 1. The van der Waals surface area contributed by atoms with Gasteiger partial charge in [-0.1, -0.05) is 59.1 Å². The average Bonchev–Trinajstić information content (AvgIpc) is 2.68. The van der Waals surface area contributed by atoms with Gasteiger partial charge >= 0.3 is 0 Å². The molecule has 8 heteroatoms. The second-order valence-corrected chi connectivity index (χ2v) is 8.65. The topological polar surface area (TPSA) is 49.4 Å². The third-order valence-corrected chi connectivity index (χ3v) is 6.24. The minimum absolute atomic E-state index is 0.140. The lowest BCUT2D eigenvalue weighted by Gasteiger charge is -2.29. The van der Waals surface area contributed by atoms with E-state index in [1.165, 1.54) is 11.8 Å². The van der Waals surface area contributed by atoms with Crippen LogP contribution < -0.4 is 5.32 Å². The zero-order valence-electron chi connectivity index (χ0n) is 16.3. The van der Waals surface area contributed by atoms with E-state index in [4.69, 9.17) is 34.8 Å². The molecule has 0 saturated heterocycles. The molecule has 0 spiro atoms. The molecular formula is C21H23Cl3N2O2S. The molecule has 0 aromatic heterocycles. The third kappa shape index (κ3) is 7.10. The maximum absolute atomic E-state index is 13.0. The van der Waals surface area contributed by atoms with E-state index >= 15 is 0 Å². The van der Waals surface area contributed by atoms with E-state index in [1.807, 2.05) is 31.2 Å². The first-order valence-corrected chi connectivity index (χ1v) is 11.4. The van der Waals surface area contributed by atoms with Crippen molar-refractivity contribution in [2.75, 3.05) is 12.3 Å². The Balaban J connectivity index is 2.08. The Morgan fingerprint density at radius 1 is 1.07 bits per heavy atom. The standard InChI is InChI=1S/C21H23Cl3N2O2S/c1-3-25-21(28)14(2)26(11-15-6-4-5-7-18(15)23)20(27)13-29-12-16-8-9-17(22)10-19(16)24/h4-10,14H,3,11-13H2,1-2H3,(H,25,28)/t14-/m0/s1. The van der Waals surface area contributed by atoms with Crippen LogP contribution in [-0.4, -0.2) is 35.1 Å². The summed E-state index contributed by atoms with van der Waals surface area (Å²) in [7, 11) is 0. The molecule has 0 fully saturated rings. The summed E-state index contributed by atoms with van der Waals surface area (Å²) < 4.78 is 0. The minimum Gasteiger partial charge on any atom is -0.355 e. The second kappa shape index (κ2) is 11.7. The van der Waals surface area contributed by atoms with Crippen molar-refractivity contribution in [2.24, 2.45) is 0 Å². The van der Waals surface area contributed by atoms with Crippen LogP contribution in [0.4, 0.5) is 0 Å². The van der Waals surface area contributed by atoms with Crippen molar-refractivity contribution in [2.45, 2.75) is 32.2 Å². The number of hydrogen-bond acceptors (Lipinski definition) is 3. The highest BCUT2D eigenvalue weighted by Crippen LogP contribution is 2.25. The molecule has 156 valence electrons. The van der Waals surface area contributed by atoms with Crippen molar-refractivity contribution < 1.29 is 9.59 Å². The zero-order chi connectivity index (χ0) is 21.4. The molecule has 2 aromatic rings. The quantitative estimate of drug-likeness (QED) is 0.528. The van der Waals surface area contributed by atoms with Crippen molar-refractivity contribution >= 4 is 58.4 Å². The van der Waals surface area contributed by atoms with E-state index in [0.717, 1.165) is 11.1 Å². The van der Waals surface area contributed by atoms with Gasteiger partial charge in [0.2, 0.25) is 11.8 Å². The molecule has 2 amide bonds. The Kier molecular flexibility index (Phi) is 9.63. The summed E-state index contributed by atoms with van der Waals surface area (Å²) in [5.41, 5.74) is 1.70. The summed E-state index contributed by atoms with van der Waals surface area (Å²) in [6.07, 6.45) is 0. The zero-order valence-corrected chi connectivity index (χ0v) is 19.3. The van der Waals surface area contributed by atoms with Gasteiger partial charge in [0.1, 0.15) is 6.04 Å². The Morgan fingerprint density at radius 2 is 1.79 bits per heavy atom. The first kappa shape index (κ1) is 23.9. The van der Waals surface area contributed by atoms with Crippen molar-refractivity contribution in [3.8, 4) is 0 Å². The molecule has 0 radical (unpaired) electrons. The fourth-order valence-electron chi connectivity index (χ4n) is 2.68. The first-order chi connectivity index (χ1) is 13.8. The van der Waals surface area contributed by atoms with E-state index < -0.39 is 6.04 Å². The van der Waals surface area contributed by atoms with Gasteiger partial charge in [0.05, 0.1) is 5.75 Å². The predicted molar refractivity (Wildman–Crippen MR) is 123 cm³/mol. The maximum atomic E-state index is 13.0. The molecule has 2 rings (SSSR count). The molecule has 4 nitrogen and oxygen atoms in total. The Bertz CT molecular complexity index is 864. The van der Waals surface area contributed by atoms with Crippen molar-refractivity contribution in [3.63, 3.8) is 0 Å². The molecular weight excluding hydrogens is 451 g/mol. The van der Waals surface area contributed by atoms with Gasteiger partial charge in [0.25, 0.3) is 0 Å². The molecule has 29 heavy (non-hydrogen) atoms. The Labute approximate surface area is 190 Å². The summed E-state index contributed by atoms with van der Waals surface area (Å²) in [4.78, 5) is 26.9. The summed E-state index contributed by atoms with van der Waals surface area (Å²) >= 11 is 19.8. The van der Waals surface area contributed by atoms with Crippen LogP contribution in [0.1, 0.15) is 25.0 Å². The number of thioether (sulfide) groups is 1. The number of carbonyl (C=O) groups excluding carboxylic acids is 2. The molecule has 1 N–H and O–H groups in total. The van der Waals surface area contributed by atoms with Crippen LogP contribution in [0.15, 0.2) is 42.5 Å². The second-order valence-electron chi connectivity index (χ2n) is 6.41. The molecule has 0 aliphatic carbocycles. The van der Waals surface area contributed by atoms with Gasteiger partial charge < -0.3 is 10.2 Å². The van der Waals surface area contributed by atoms with Gasteiger partial charge in [-0.2, -0.15) is 0 Å². The predicted octanol–water partition coefficient (Wildman–Crippen LogP) is 5.43. The van der Waals surface area contributed by atoms with Gasteiger partial charge in [0, 0.05) is 33.9 Å². The number of amides is 2. The maximum Gasteiger partial charge on any atom is 0.242 e. The van der Waals surface area contributed by atoms with Gasteiger partial charge in [-0.15, -0.1) is 11.8 Å². The van der Waals surface area contributed by atoms with Crippen LogP contribution in [0.25, 0.3) is 0 Å².